The zero-order chi connectivity index (χ0) is 24.9. The highest BCUT2D eigenvalue weighted by atomic mass is 16.2. The van der Waals surface area contributed by atoms with Crippen molar-refractivity contribution in [3.8, 4) is 0 Å². The van der Waals surface area contributed by atoms with Crippen molar-refractivity contribution < 1.29 is 14.4 Å². The average Bonchev–Trinajstić information content (AvgIpc) is 2.94. The maximum atomic E-state index is 12.8. The van der Waals surface area contributed by atoms with Crippen molar-refractivity contribution in [1.29, 1.82) is 0 Å². The lowest BCUT2D eigenvalue weighted by Crippen LogP contribution is -2.45. The number of hydrogen-bond acceptors (Lipinski definition) is 3. The average molecular weight is 480 g/mol. The Balaban J connectivity index is 1.09. The quantitative estimate of drug-likeness (QED) is 0.353. The third-order valence-corrected chi connectivity index (χ3v) is 7.14. The van der Waals surface area contributed by atoms with E-state index in [0.29, 0.717) is 23.6 Å². The van der Waals surface area contributed by atoms with Gasteiger partial charge in [0.15, 0.2) is 0 Å². The summed E-state index contributed by atoms with van der Waals surface area (Å²) in [5, 5.41) is 6.89. The van der Waals surface area contributed by atoms with E-state index in [0.717, 1.165) is 47.2 Å². The van der Waals surface area contributed by atoms with Gasteiger partial charge in [0.2, 0.25) is 5.91 Å². The summed E-state index contributed by atoms with van der Waals surface area (Å²) >= 11 is 0. The number of nitrogens with one attached hydrogen (secondary N) is 3. The molecule has 5 rings (SSSR count). The van der Waals surface area contributed by atoms with Crippen molar-refractivity contribution in [2.45, 2.75) is 25.7 Å². The maximum Gasteiger partial charge on any atom is 0.270 e. The van der Waals surface area contributed by atoms with Crippen LogP contribution in [0, 0.1) is 11.8 Å². The second kappa shape index (κ2) is 10.6. The van der Waals surface area contributed by atoms with Crippen LogP contribution < -0.4 is 16.2 Å². The molecule has 1 aliphatic rings. The number of hydrazine groups is 1. The summed E-state index contributed by atoms with van der Waals surface area (Å²) in [6.07, 6.45) is 3.16. The molecule has 0 heterocycles. The Morgan fingerprint density at radius 3 is 1.75 bits per heavy atom. The van der Waals surface area contributed by atoms with Gasteiger partial charge in [-0.1, -0.05) is 72.8 Å². The first kappa shape index (κ1) is 23.5. The number of amides is 3. The molecule has 0 saturated heterocycles. The van der Waals surface area contributed by atoms with E-state index in [-0.39, 0.29) is 23.6 Å². The van der Waals surface area contributed by atoms with Gasteiger partial charge >= 0.3 is 0 Å². The number of carbonyl (C=O) groups is 3. The topological polar surface area (TPSA) is 87.3 Å². The summed E-state index contributed by atoms with van der Waals surface area (Å²) < 4.78 is 0. The van der Waals surface area contributed by atoms with Crippen LogP contribution in [0.25, 0.3) is 21.5 Å². The Hall–Kier alpha value is -4.19. The van der Waals surface area contributed by atoms with Gasteiger partial charge in [-0.3, -0.25) is 25.2 Å². The molecular weight excluding hydrogens is 450 g/mol. The van der Waals surface area contributed by atoms with Crippen LogP contribution in [0.3, 0.4) is 0 Å². The zero-order valence-electron chi connectivity index (χ0n) is 20.0. The van der Waals surface area contributed by atoms with Gasteiger partial charge in [0.25, 0.3) is 11.8 Å². The fourth-order valence-corrected chi connectivity index (χ4v) is 5.10. The van der Waals surface area contributed by atoms with Crippen LogP contribution in [0.15, 0.2) is 84.9 Å². The van der Waals surface area contributed by atoms with E-state index in [9.17, 15) is 14.4 Å². The molecule has 0 atom stereocenters. The number of hydrogen-bond donors (Lipinski definition) is 3. The largest absolute Gasteiger partial charge is 0.352 e. The molecule has 3 amide bonds. The molecule has 36 heavy (non-hydrogen) atoms. The Morgan fingerprint density at radius 1 is 0.611 bits per heavy atom. The third-order valence-electron chi connectivity index (χ3n) is 7.14. The Bertz CT molecular complexity index is 1410. The van der Waals surface area contributed by atoms with Gasteiger partial charge in [-0.2, -0.15) is 0 Å². The molecule has 0 radical (unpaired) electrons. The summed E-state index contributed by atoms with van der Waals surface area (Å²) in [4.78, 5) is 38.2. The van der Waals surface area contributed by atoms with E-state index in [4.69, 9.17) is 0 Å². The first-order valence-electron chi connectivity index (χ1n) is 12.4. The maximum absolute atomic E-state index is 12.8. The summed E-state index contributed by atoms with van der Waals surface area (Å²) in [6.45, 7) is 0.591. The molecule has 1 fully saturated rings. The third kappa shape index (κ3) is 5.08. The molecule has 4 aromatic rings. The molecule has 182 valence electrons. The Labute approximate surface area is 210 Å². The highest BCUT2D eigenvalue weighted by molar-refractivity contribution is 6.08. The molecule has 0 unspecified atom stereocenters. The molecule has 0 aliphatic heterocycles. The second-order valence-electron chi connectivity index (χ2n) is 9.42. The van der Waals surface area contributed by atoms with Crippen LogP contribution in [0.5, 0.6) is 0 Å². The summed E-state index contributed by atoms with van der Waals surface area (Å²) in [7, 11) is 0. The molecule has 4 aromatic carbocycles. The predicted molar refractivity (Wildman–Crippen MR) is 141 cm³/mol. The minimum Gasteiger partial charge on any atom is -0.352 e. The molecule has 6 heteroatoms. The van der Waals surface area contributed by atoms with E-state index in [2.05, 4.69) is 16.2 Å². The van der Waals surface area contributed by atoms with E-state index < -0.39 is 0 Å². The van der Waals surface area contributed by atoms with Crippen molar-refractivity contribution in [1.82, 2.24) is 16.2 Å². The summed E-state index contributed by atoms with van der Waals surface area (Å²) in [5.74, 6) is -0.379. The van der Waals surface area contributed by atoms with Crippen molar-refractivity contribution in [3.05, 3.63) is 96.1 Å². The smallest absolute Gasteiger partial charge is 0.270 e. The monoisotopic (exact) mass is 479 g/mol. The van der Waals surface area contributed by atoms with Crippen LogP contribution in [-0.4, -0.2) is 24.3 Å². The molecule has 0 bridgehead atoms. The van der Waals surface area contributed by atoms with Gasteiger partial charge in [0.1, 0.15) is 0 Å². The number of rotatable bonds is 5. The molecular formula is C30H29N3O3. The van der Waals surface area contributed by atoms with Gasteiger partial charge in [-0.25, -0.2) is 0 Å². The van der Waals surface area contributed by atoms with Gasteiger partial charge in [0, 0.05) is 23.6 Å². The lowest BCUT2D eigenvalue weighted by molar-refractivity contribution is -0.127. The lowest BCUT2D eigenvalue weighted by Gasteiger charge is -2.28. The van der Waals surface area contributed by atoms with Crippen LogP contribution in [0.2, 0.25) is 0 Å². The minimum absolute atomic E-state index is 0.0668. The van der Waals surface area contributed by atoms with Crippen LogP contribution >= 0.6 is 0 Å². The Morgan fingerprint density at radius 2 is 1.14 bits per heavy atom. The van der Waals surface area contributed by atoms with Crippen molar-refractivity contribution >= 4 is 39.3 Å². The van der Waals surface area contributed by atoms with Gasteiger partial charge in [-0.15, -0.1) is 0 Å². The number of benzene rings is 4. The summed E-state index contributed by atoms with van der Waals surface area (Å²) in [6, 6.07) is 26.8. The first-order chi connectivity index (χ1) is 17.6. The minimum atomic E-state index is -0.329. The van der Waals surface area contributed by atoms with E-state index >= 15 is 0 Å². The normalized spacial score (nSPS) is 17.4. The predicted octanol–water partition coefficient (Wildman–Crippen LogP) is 4.99. The van der Waals surface area contributed by atoms with Crippen molar-refractivity contribution in [2.75, 3.05) is 6.54 Å². The molecule has 1 aliphatic carbocycles. The standard InChI is InChI=1S/C30H29N3O3/c34-28(32-33-30(36)27-14-6-10-22-8-2-4-12-25(22)27)23-17-15-20(16-18-23)19-31-29(35)26-13-5-9-21-7-1-3-11-24(21)26/h1-14,20,23H,15-19H2,(H,31,35)(H,32,34)(H,33,36). The lowest BCUT2D eigenvalue weighted by atomic mass is 9.81. The van der Waals surface area contributed by atoms with Gasteiger partial charge in [0.05, 0.1) is 0 Å². The molecule has 6 nitrogen and oxygen atoms in total. The molecule has 1 saturated carbocycles. The van der Waals surface area contributed by atoms with Crippen molar-refractivity contribution in [2.24, 2.45) is 11.8 Å². The highest BCUT2D eigenvalue weighted by Crippen LogP contribution is 2.29. The molecule has 3 N–H and O–H groups in total. The second-order valence-corrected chi connectivity index (χ2v) is 9.42. The molecule has 0 aromatic heterocycles. The summed E-state index contributed by atoms with van der Waals surface area (Å²) in [5.41, 5.74) is 6.40. The van der Waals surface area contributed by atoms with Gasteiger partial charge in [-0.05, 0) is 65.3 Å². The van der Waals surface area contributed by atoms with Crippen LogP contribution in [0.1, 0.15) is 46.4 Å². The highest BCUT2D eigenvalue weighted by Gasteiger charge is 2.27. The zero-order valence-corrected chi connectivity index (χ0v) is 20.0. The SMILES string of the molecule is O=C(NCC1CCC(C(=O)NNC(=O)c2cccc3ccccc23)CC1)c1cccc2ccccc12. The van der Waals surface area contributed by atoms with E-state index in [1.54, 1.807) is 6.07 Å². The molecule has 0 spiro atoms. The fourth-order valence-electron chi connectivity index (χ4n) is 5.10. The number of carbonyl (C=O) groups excluding carboxylic acids is 3. The Kier molecular flexibility index (Phi) is 6.94. The van der Waals surface area contributed by atoms with E-state index in [1.807, 2.05) is 78.9 Å². The van der Waals surface area contributed by atoms with Crippen LogP contribution in [-0.2, 0) is 4.79 Å². The van der Waals surface area contributed by atoms with Crippen molar-refractivity contribution in [3.63, 3.8) is 0 Å². The van der Waals surface area contributed by atoms with Crippen LogP contribution in [0.4, 0.5) is 0 Å². The van der Waals surface area contributed by atoms with Gasteiger partial charge < -0.3 is 5.32 Å². The fraction of sp³-hybridized carbons (Fsp3) is 0.233. The number of fused-ring (bicyclic) bond motifs is 2. The first-order valence-corrected chi connectivity index (χ1v) is 12.4. The van der Waals surface area contributed by atoms with E-state index in [1.165, 1.54) is 0 Å².